The lowest BCUT2D eigenvalue weighted by Crippen LogP contribution is -2.30. The summed E-state index contributed by atoms with van der Waals surface area (Å²) in [4.78, 5) is 40.4. The van der Waals surface area contributed by atoms with Gasteiger partial charge in [0.05, 0.1) is 11.9 Å². The number of carbonyl (C=O) groups excluding carboxylic acids is 3. The Hall–Kier alpha value is -4.34. The van der Waals surface area contributed by atoms with Crippen molar-refractivity contribution in [3.63, 3.8) is 0 Å². The number of unbranched alkanes of at least 4 members (excludes halogenated alkanes) is 1. The first kappa shape index (κ1) is 30.6. The lowest BCUT2D eigenvalue weighted by molar-refractivity contribution is -0.115. The molecule has 4 aromatic rings. The van der Waals surface area contributed by atoms with E-state index < -0.39 is 5.91 Å². The quantitative estimate of drug-likeness (QED) is 0.0842. The zero-order valence-corrected chi connectivity index (χ0v) is 25.1. The Balaban J connectivity index is 1.33. The van der Waals surface area contributed by atoms with E-state index in [2.05, 4.69) is 22.9 Å². The molecule has 4 rings (SSSR count). The fourth-order valence-corrected chi connectivity index (χ4v) is 5.27. The highest BCUT2D eigenvalue weighted by atomic mass is 32.2. The fourth-order valence-electron chi connectivity index (χ4n) is 3.74. The van der Waals surface area contributed by atoms with Crippen LogP contribution in [0.4, 0.5) is 11.4 Å². The smallest absolute Gasteiger partial charge is 0.272 e. The third-order valence-electron chi connectivity index (χ3n) is 6.04. The van der Waals surface area contributed by atoms with E-state index in [0.717, 1.165) is 28.4 Å². The van der Waals surface area contributed by atoms with E-state index >= 15 is 0 Å². The molecule has 0 saturated carbocycles. The van der Waals surface area contributed by atoms with Crippen molar-refractivity contribution >= 4 is 58.3 Å². The normalized spacial score (nSPS) is 11.8. The summed E-state index contributed by atoms with van der Waals surface area (Å²) in [5.41, 5.74) is 1.86. The Morgan fingerprint density at radius 2 is 1.57 bits per heavy atom. The molecule has 1 aromatic heterocycles. The van der Waals surface area contributed by atoms with Crippen molar-refractivity contribution in [3.05, 3.63) is 113 Å². The second-order valence-electron chi connectivity index (χ2n) is 9.35. The maximum atomic E-state index is 13.2. The lowest BCUT2D eigenvalue weighted by Gasteiger charge is -2.14. The number of hydrogen-bond acceptors (Lipinski definition) is 6. The van der Waals surface area contributed by atoms with E-state index in [1.165, 1.54) is 23.1 Å². The number of thiophene rings is 1. The summed E-state index contributed by atoms with van der Waals surface area (Å²) < 4.78 is 5.67. The molecule has 0 aliphatic carbocycles. The number of anilines is 2. The van der Waals surface area contributed by atoms with Crippen LogP contribution in [0.25, 0.3) is 6.08 Å². The van der Waals surface area contributed by atoms with Crippen molar-refractivity contribution in [3.8, 4) is 5.75 Å². The number of thioether (sulfide) groups is 1. The first-order valence-electron chi connectivity index (χ1n) is 13.6. The van der Waals surface area contributed by atoms with Crippen molar-refractivity contribution in [1.82, 2.24) is 5.32 Å². The lowest BCUT2D eigenvalue weighted by atomic mass is 10.2. The minimum absolute atomic E-state index is 0.116. The van der Waals surface area contributed by atoms with Crippen LogP contribution >= 0.6 is 23.1 Å². The van der Waals surface area contributed by atoms with E-state index in [-0.39, 0.29) is 22.8 Å². The van der Waals surface area contributed by atoms with Gasteiger partial charge in [-0.2, -0.15) is 0 Å². The summed E-state index contributed by atoms with van der Waals surface area (Å²) in [7, 11) is 0. The zero-order valence-electron chi connectivity index (χ0n) is 23.5. The molecule has 0 aliphatic heterocycles. The van der Waals surface area contributed by atoms with Gasteiger partial charge in [0, 0.05) is 26.7 Å². The number of benzene rings is 3. The molecule has 0 saturated heterocycles. The van der Waals surface area contributed by atoms with Gasteiger partial charge in [-0.05, 0) is 91.5 Å². The predicted molar refractivity (Wildman–Crippen MR) is 172 cm³/mol. The highest BCUT2D eigenvalue weighted by Gasteiger charge is 2.17. The molecular formula is C33H33N3O4S2. The molecular weight excluding hydrogens is 567 g/mol. The zero-order chi connectivity index (χ0) is 29.7. The van der Waals surface area contributed by atoms with Crippen LogP contribution in [0.2, 0.25) is 0 Å². The molecule has 1 unspecified atom stereocenters. The van der Waals surface area contributed by atoms with Gasteiger partial charge < -0.3 is 20.7 Å². The Morgan fingerprint density at radius 1 is 0.881 bits per heavy atom. The van der Waals surface area contributed by atoms with Crippen LogP contribution in [0, 0.1) is 0 Å². The van der Waals surface area contributed by atoms with Gasteiger partial charge >= 0.3 is 0 Å². The van der Waals surface area contributed by atoms with Crippen LogP contribution in [-0.4, -0.2) is 29.6 Å². The van der Waals surface area contributed by atoms with Gasteiger partial charge in [0.15, 0.2) is 0 Å². The standard InChI is InChI=1S/C33H33N3O4S2/c1-3-4-20-40-27-16-12-25(13-17-27)34-31(37)23(2)42-28-18-14-26(15-19-28)35-33(39)30(22-29-11-8-21-41-29)36-32(38)24-9-6-5-7-10-24/h5-19,21-23H,3-4,20H2,1-2H3,(H,34,37)(H,35,39)(H,36,38)/b30-22-. The number of carbonyl (C=O) groups is 3. The van der Waals surface area contributed by atoms with E-state index in [1.807, 2.05) is 66.9 Å². The van der Waals surface area contributed by atoms with E-state index in [1.54, 1.807) is 42.5 Å². The molecule has 0 bridgehead atoms. The highest BCUT2D eigenvalue weighted by Crippen LogP contribution is 2.26. The molecule has 42 heavy (non-hydrogen) atoms. The largest absolute Gasteiger partial charge is 0.494 e. The maximum Gasteiger partial charge on any atom is 0.272 e. The molecule has 3 N–H and O–H groups in total. The molecule has 7 nitrogen and oxygen atoms in total. The minimum Gasteiger partial charge on any atom is -0.494 e. The van der Waals surface area contributed by atoms with Gasteiger partial charge in [0.1, 0.15) is 11.4 Å². The van der Waals surface area contributed by atoms with Gasteiger partial charge in [-0.3, -0.25) is 14.4 Å². The molecule has 1 heterocycles. The average Bonchev–Trinajstić information content (AvgIpc) is 3.52. The molecule has 3 amide bonds. The third-order valence-corrected chi connectivity index (χ3v) is 7.97. The molecule has 0 aliphatic rings. The Kier molecular flexibility index (Phi) is 11.4. The van der Waals surface area contributed by atoms with Crippen molar-refractivity contribution in [2.24, 2.45) is 0 Å². The summed E-state index contributed by atoms with van der Waals surface area (Å²) in [6, 6.07) is 27.1. The second-order valence-corrected chi connectivity index (χ2v) is 11.7. The molecule has 9 heteroatoms. The average molecular weight is 600 g/mol. The second kappa shape index (κ2) is 15.6. The molecule has 0 radical (unpaired) electrons. The monoisotopic (exact) mass is 599 g/mol. The van der Waals surface area contributed by atoms with Gasteiger partial charge in [0.2, 0.25) is 5.91 Å². The van der Waals surface area contributed by atoms with E-state index in [4.69, 9.17) is 4.74 Å². The van der Waals surface area contributed by atoms with Crippen LogP contribution in [-0.2, 0) is 9.59 Å². The summed E-state index contributed by atoms with van der Waals surface area (Å²) in [6.07, 6.45) is 3.73. The maximum absolute atomic E-state index is 13.2. The summed E-state index contributed by atoms with van der Waals surface area (Å²) >= 11 is 2.88. The highest BCUT2D eigenvalue weighted by molar-refractivity contribution is 8.00. The first-order chi connectivity index (χ1) is 20.4. The van der Waals surface area contributed by atoms with Gasteiger partial charge in [-0.1, -0.05) is 37.6 Å². The molecule has 3 aromatic carbocycles. The number of nitrogens with one attached hydrogen (secondary N) is 3. The van der Waals surface area contributed by atoms with Crippen LogP contribution in [0.1, 0.15) is 41.9 Å². The summed E-state index contributed by atoms with van der Waals surface area (Å²) in [6.45, 7) is 4.64. The third kappa shape index (κ3) is 9.36. The van der Waals surface area contributed by atoms with Crippen molar-refractivity contribution in [2.75, 3.05) is 17.2 Å². The van der Waals surface area contributed by atoms with Crippen LogP contribution < -0.4 is 20.7 Å². The number of ether oxygens (including phenoxy) is 1. The topological polar surface area (TPSA) is 96.5 Å². The summed E-state index contributed by atoms with van der Waals surface area (Å²) in [5.74, 6) is -0.148. The van der Waals surface area contributed by atoms with E-state index in [9.17, 15) is 14.4 Å². The minimum atomic E-state index is -0.442. The van der Waals surface area contributed by atoms with Crippen molar-refractivity contribution in [1.29, 1.82) is 0 Å². The number of amides is 3. The fraction of sp³-hybridized carbons (Fsp3) is 0.182. The van der Waals surface area contributed by atoms with Gasteiger partial charge in [-0.25, -0.2) is 0 Å². The van der Waals surface area contributed by atoms with Crippen molar-refractivity contribution < 1.29 is 19.1 Å². The van der Waals surface area contributed by atoms with Crippen LogP contribution in [0.3, 0.4) is 0 Å². The molecule has 0 fully saturated rings. The van der Waals surface area contributed by atoms with Gasteiger partial charge in [0.25, 0.3) is 11.8 Å². The Bertz CT molecular complexity index is 1490. The molecule has 1 atom stereocenters. The Morgan fingerprint density at radius 3 is 2.24 bits per heavy atom. The van der Waals surface area contributed by atoms with Crippen LogP contribution in [0.15, 0.2) is 107 Å². The SMILES string of the molecule is CCCCOc1ccc(NC(=O)C(C)Sc2ccc(NC(=O)/C(=C/c3cccs3)NC(=O)c3ccccc3)cc2)cc1. The number of hydrogen-bond donors (Lipinski definition) is 3. The van der Waals surface area contributed by atoms with Crippen molar-refractivity contribution in [2.45, 2.75) is 36.8 Å². The molecule has 0 spiro atoms. The first-order valence-corrected chi connectivity index (χ1v) is 15.4. The predicted octanol–water partition coefficient (Wildman–Crippen LogP) is 7.46. The Labute approximate surface area is 254 Å². The van der Waals surface area contributed by atoms with Gasteiger partial charge in [-0.15, -0.1) is 23.1 Å². The molecule has 216 valence electrons. The number of rotatable bonds is 13. The van der Waals surface area contributed by atoms with E-state index in [0.29, 0.717) is 23.5 Å². The summed E-state index contributed by atoms with van der Waals surface area (Å²) in [5, 5.41) is 10.1. The van der Waals surface area contributed by atoms with Crippen LogP contribution in [0.5, 0.6) is 5.75 Å².